The molecule has 1 aliphatic heterocycles. The van der Waals surface area contributed by atoms with Gasteiger partial charge in [-0.15, -0.1) is 0 Å². The van der Waals surface area contributed by atoms with E-state index in [1.165, 1.54) is 0 Å². The number of nitrogens with zero attached hydrogens (tertiary/aromatic N) is 2. The molecule has 1 aliphatic rings. The van der Waals surface area contributed by atoms with E-state index in [-0.39, 0.29) is 11.8 Å². The Labute approximate surface area is 170 Å². The second kappa shape index (κ2) is 8.97. The zero-order chi connectivity index (χ0) is 20.1. The van der Waals surface area contributed by atoms with E-state index in [0.29, 0.717) is 35.8 Å². The molecule has 0 aliphatic carbocycles. The number of carbonyl (C=O) groups excluding carboxylic acids is 2. The third-order valence-corrected chi connectivity index (χ3v) is 5.03. The van der Waals surface area contributed by atoms with Gasteiger partial charge in [0, 0.05) is 49.0 Å². The van der Waals surface area contributed by atoms with Gasteiger partial charge in [-0.1, -0.05) is 18.5 Å². The first-order valence-corrected chi connectivity index (χ1v) is 9.67. The van der Waals surface area contributed by atoms with Gasteiger partial charge in [-0.25, -0.2) is 0 Å². The molecule has 0 atom stereocenters. The van der Waals surface area contributed by atoms with Gasteiger partial charge in [0.25, 0.3) is 5.91 Å². The summed E-state index contributed by atoms with van der Waals surface area (Å²) >= 11 is 6.05. The van der Waals surface area contributed by atoms with Gasteiger partial charge < -0.3 is 19.9 Å². The zero-order valence-corrected chi connectivity index (χ0v) is 16.8. The first-order chi connectivity index (χ1) is 13.5. The lowest BCUT2D eigenvalue weighted by atomic mass is 10.1. The molecule has 7 heteroatoms. The van der Waals surface area contributed by atoms with Crippen LogP contribution in [0.15, 0.2) is 42.5 Å². The maximum Gasteiger partial charge on any atom is 0.257 e. The Morgan fingerprint density at radius 3 is 2.36 bits per heavy atom. The van der Waals surface area contributed by atoms with Crippen LogP contribution in [-0.4, -0.2) is 50.0 Å². The van der Waals surface area contributed by atoms with Gasteiger partial charge in [-0.2, -0.15) is 0 Å². The van der Waals surface area contributed by atoms with E-state index in [1.807, 2.05) is 36.1 Å². The summed E-state index contributed by atoms with van der Waals surface area (Å²) in [6, 6.07) is 12.9. The molecule has 0 saturated carbocycles. The third-order valence-electron chi connectivity index (χ3n) is 4.80. The predicted octanol–water partition coefficient (Wildman–Crippen LogP) is 3.66. The number of amides is 2. The summed E-state index contributed by atoms with van der Waals surface area (Å²) in [5.41, 5.74) is 2.35. The molecule has 1 fully saturated rings. The van der Waals surface area contributed by atoms with Gasteiger partial charge >= 0.3 is 0 Å². The molecular weight excluding hydrogens is 378 g/mol. The van der Waals surface area contributed by atoms with Crippen molar-refractivity contribution in [2.45, 2.75) is 13.3 Å². The van der Waals surface area contributed by atoms with Crippen LogP contribution < -0.4 is 15.0 Å². The quantitative estimate of drug-likeness (QED) is 0.830. The van der Waals surface area contributed by atoms with E-state index in [4.69, 9.17) is 16.3 Å². The van der Waals surface area contributed by atoms with Crippen LogP contribution in [0.1, 0.15) is 23.7 Å². The molecule has 0 aromatic heterocycles. The average molecular weight is 402 g/mol. The van der Waals surface area contributed by atoms with Crippen LogP contribution in [0.25, 0.3) is 0 Å². The van der Waals surface area contributed by atoms with Crippen molar-refractivity contribution in [3.8, 4) is 5.75 Å². The highest BCUT2D eigenvalue weighted by atomic mass is 35.5. The molecule has 2 aromatic carbocycles. The number of hydrogen-bond donors (Lipinski definition) is 1. The van der Waals surface area contributed by atoms with Crippen molar-refractivity contribution in [3.63, 3.8) is 0 Å². The van der Waals surface area contributed by atoms with Crippen molar-refractivity contribution in [2.75, 3.05) is 43.5 Å². The van der Waals surface area contributed by atoms with Crippen molar-refractivity contribution in [1.29, 1.82) is 0 Å². The minimum Gasteiger partial charge on any atom is -0.496 e. The first kappa shape index (κ1) is 20.0. The Balaban J connectivity index is 1.62. The molecule has 0 spiro atoms. The monoisotopic (exact) mass is 401 g/mol. The fourth-order valence-corrected chi connectivity index (χ4v) is 3.36. The van der Waals surface area contributed by atoms with Crippen LogP contribution in [0.2, 0.25) is 5.02 Å². The van der Waals surface area contributed by atoms with Gasteiger partial charge in [-0.3, -0.25) is 9.59 Å². The molecule has 1 heterocycles. The number of ether oxygens (including phenoxy) is 1. The molecule has 6 nitrogen and oxygen atoms in total. The largest absolute Gasteiger partial charge is 0.496 e. The standard InChI is InChI=1S/C21H24ClN3O3/c1-3-20(26)23-16-5-7-17(8-6-16)24-10-12-25(13-11-24)21(27)18-14-15(22)4-9-19(18)28-2/h4-9,14H,3,10-13H2,1-2H3,(H,23,26). The number of piperazine rings is 1. The van der Waals surface area contributed by atoms with E-state index < -0.39 is 0 Å². The molecule has 1 saturated heterocycles. The number of hydrogen-bond acceptors (Lipinski definition) is 4. The lowest BCUT2D eigenvalue weighted by molar-refractivity contribution is -0.115. The smallest absolute Gasteiger partial charge is 0.257 e. The second-order valence-corrected chi connectivity index (χ2v) is 7.01. The Bertz CT molecular complexity index is 846. The molecular formula is C21H24ClN3O3. The van der Waals surface area contributed by atoms with Gasteiger partial charge in [0.2, 0.25) is 5.91 Å². The highest BCUT2D eigenvalue weighted by Crippen LogP contribution is 2.25. The van der Waals surface area contributed by atoms with E-state index >= 15 is 0 Å². The summed E-state index contributed by atoms with van der Waals surface area (Å²) in [5, 5.41) is 3.36. The van der Waals surface area contributed by atoms with Crippen LogP contribution in [-0.2, 0) is 4.79 Å². The SMILES string of the molecule is CCC(=O)Nc1ccc(N2CCN(C(=O)c3cc(Cl)ccc3OC)CC2)cc1. The van der Waals surface area contributed by atoms with Crippen LogP contribution >= 0.6 is 11.6 Å². The summed E-state index contributed by atoms with van der Waals surface area (Å²) in [7, 11) is 1.55. The molecule has 2 aromatic rings. The minimum absolute atomic E-state index is 0.00341. The van der Waals surface area contributed by atoms with Crippen LogP contribution in [0.3, 0.4) is 0 Å². The number of nitrogens with one attached hydrogen (secondary N) is 1. The van der Waals surface area contributed by atoms with Gasteiger partial charge in [0.15, 0.2) is 0 Å². The number of rotatable bonds is 5. The summed E-state index contributed by atoms with van der Waals surface area (Å²) in [6.07, 6.45) is 0.454. The normalized spacial score (nSPS) is 14.0. The number of carbonyl (C=O) groups is 2. The maximum atomic E-state index is 12.9. The molecule has 28 heavy (non-hydrogen) atoms. The van der Waals surface area contributed by atoms with Crippen molar-refractivity contribution in [3.05, 3.63) is 53.1 Å². The van der Waals surface area contributed by atoms with E-state index in [9.17, 15) is 9.59 Å². The number of anilines is 2. The van der Waals surface area contributed by atoms with Crippen LogP contribution in [0, 0.1) is 0 Å². The second-order valence-electron chi connectivity index (χ2n) is 6.57. The summed E-state index contributed by atoms with van der Waals surface area (Å²) in [4.78, 5) is 28.4. The predicted molar refractivity (Wildman–Crippen MR) is 111 cm³/mol. The van der Waals surface area contributed by atoms with Gasteiger partial charge in [0.05, 0.1) is 12.7 Å². The maximum absolute atomic E-state index is 12.9. The minimum atomic E-state index is -0.0726. The van der Waals surface area contributed by atoms with Crippen molar-refractivity contribution in [1.82, 2.24) is 4.90 Å². The Morgan fingerprint density at radius 2 is 1.75 bits per heavy atom. The van der Waals surface area contributed by atoms with Crippen molar-refractivity contribution >= 4 is 34.8 Å². The number of halogens is 1. The fourth-order valence-electron chi connectivity index (χ4n) is 3.19. The summed E-state index contributed by atoms with van der Waals surface area (Å²) < 4.78 is 5.30. The average Bonchev–Trinajstić information content (AvgIpc) is 2.73. The Hall–Kier alpha value is -2.73. The van der Waals surface area contributed by atoms with Gasteiger partial charge in [0.1, 0.15) is 5.75 Å². The number of methoxy groups -OCH3 is 1. The lowest BCUT2D eigenvalue weighted by Crippen LogP contribution is -2.48. The topological polar surface area (TPSA) is 61.9 Å². The molecule has 2 amide bonds. The molecule has 3 rings (SSSR count). The van der Waals surface area contributed by atoms with Crippen molar-refractivity contribution in [2.24, 2.45) is 0 Å². The molecule has 148 valence electrons. The van der Waals surface area contributed by atoms with Crippen LogP contribution in [0.5, 0.6) is 5.75 Å². The van der Waals surface area contributed by atoms with Gasteiger partial charge in [-0.05, 0) is 42.5 Å². The van der Waals surface area contributed by atoms with E-state index in [0.717, 1.165) is 24.5 Å². The molecule has 0 bridgehead atoms. The summed E-state index contributed by atoms with van der Waals surface area (Å²) in [6.45, 7) is 4.51. The first-order valence-electron chi connectivity index (χ1n) is 9.29. The van der Waals surface area contributed by atoms with Crippen LogP contribution in [0.4, 0.5) is 11.4 Å². The lowest BCUT2D eigenvalue weighted by Gasteiger charge is -2.36. The fraction of sp³-hybridized carbons (Fsp3) is 0.333. The highest BCUT2D eigenvalue weighted by molar-refractivity contribution is 6.31. The van der Waals surface area contributed by atoms with Crippen molar-refractivity contribution < 1.29 is 14.3 Å². The zero-order valence-electron chi connectivity index (χ0n) is 16.1. The Morgan fingerprint density at radius 1 is 1.07 bits per heavy atom. The number of benzene rings is 2. The Kier molecular flexibility index (Phi) is 6.41. The molecule has 0 unspecified atom stereocenters. The van der Waals surface area contributed by atoms with E-state index in [2.05, 4.69) is 10.2 Å². The third kappa shape index (κ3) is 4.57. The summed E-state index contributed by atoms with van der Waals surface area (Å²) in [5.74, 6) is 0.453. The highest BCUT2D eigenvalue weighted by Gasteiger charge is 2.24. The molecule has 0 radical (unpaired) electrons. The molecule has 1 N–H and O–H groups in total. The van der Waals surface area contributed by atoms with E-state index in [1.54, 1.807) is 25.3 Å².